The number of hydrogen-bond donors (Lipinski definition) is 1. The van der Waals surface area contributed by atoms with Crippen LogP contribution >= 0.6 is 0 Å². The highest BCUT2D eigenvalue weighted by molar-refractivity contribution is 7.90. The fourth-order valence-corrected chi connectivity index (χ4v) is 5.56. The van der Waals surface area contributed by atoms with E-state index in [-0.39, 0.29) is 16.0 Å². The van der Waals surface area contributed by atoms with Crippen LogP contribution in [0.15, 0.2) is 59.5 Å². The van der Waals surface area contributed by atoms with E-state index in [4.69, 9.17) is 0 Å². The number of aryl methyl sites for hydroxylation is 1. The minimum Gasteiger partial charge on any atom is -0.598 e. The molecule has 2 atom stereocenters. The molecule has 5 nitrogen and oxygen atoms in total. The average molecular weight is 473 g/mol. The molecule has 0 aliphatic rings. The molecule has 2 aromatic carbocycles. The molecular formula is C21H23F3N2O3S2. The molecule has 31 heavy (non-hydrogen) atoms. The molecule has 1 aromatic heterocycles. The number of nitrogens with one attached hydrogen (secondary N) is 1. The summed E-state index contributed by atoms with van der Waals surface area (Å²) < 4.78 is 82.2. The van der Waals surface area contributed by atoms with Gasteiger partial charge in [-0.25, -0.2) is 12.4 Å². The first-order chi connectivity index (χ1) is 14.2. The van der Waals surface area contributed by atoms with E-state index in [1.807, 2.05) is 0 Å². The normalized spacial score (nSPS) is 15.2. The SMILES string of the molecule is Cc1cc2cc([C@H](N[S@@+]([O-])C(C)(C)C)C(F)(F)F)ccc2n1S(=O)(=O)c1ccccc1. The van der Waals surface area contributed by atoms with Gasteiger partial charge in [-0.15, -0.1) is 4.72 Å². The van der Waals surface area contributed by atoms with Crippen molar-refractivity contribution in [3.63, 3.8) is 0 Å². The number of aromatic nitrogens is 1. The second kappa shape index (κ2) is 8.16. The van der Waals surface area contributed by atoms with Crippen LogP contribution in [0.4, 0.5) is 13.2 Å². The summed E-state index contributed by atoms with van der Waals surface area (Å²) in [6.45, 7) is 6.30. The number of benzene rings is 2. The molecular weight excluding hydrogens is 449 g/mol. The molecule has 0 amide bonds. The van der Waals surface area contributed by atoms with E-state index >= 15 is 0 Å². The Morgan fingerprint density at radius 3 is 2.19 bits per heavy atom. The summed E-state index contributed by atoms with van der Waals surface area (Å²) in [5.74, 6) is 0. The Morgan fingerprint density at radius 2 is 1.65 bits per heavy atom. The van der Waals surface area contributed by atoms with Crippen LogP contribution in [0.1, 0.15) is 38.1 Å². The van der Waals surface area contributed by atoms with Gasteiger partial charge in [0.25, 0.3) is 10.0 Å². The summed E-state index contributed by atoms with van der Waals surface area (Å²) in [5, 5.41) is 0.340. The van der Waals surface area contributed by atoms with Gasteiger partial charge in [-0.3, -0.25) is 0 Å². The Balaban J connectivity index is 2.10. The molecule has 1 heterocycles. The van der Waals surface area contributed by atoms with Gasteiger partial charge in [0.2, 0.25) is 0 Å². The molecule has 0 radical (unpaired) electrons. The van der Waals surface area contributed by atoms with Gasteiger partial charge in [0.05, 0.1) is 10.4 Å². The molecule has 0 aliphatic heterocycles. The molecule has 0 saturated heterocycles. The van der Waals surface area contributed by atoms with Crippen LogP contribution in [0.25, 0.3) is 10.9 Å². The molecule has 0 fully saturated rings. The Labute approximate surface area is 182 Å². The molecule has 10 heteroatoms. The van der Waals surface area contributed by atoms with Gasteiger partial charge in [-0.05, 0) is 63.6 Å². The monoisotopic (exact) mass is 472 g/mol. The largest absolute Gasteiger partial charge is 0.598 e. The molecule has 3 aromatic rings. The second-order valence-electron chi connectivity index (χ2n) is 8.16. The minimum absolute atomic E-state index is 0.0788. The minimum atomic E-state index is -4.69. The Morgan fingerprint density at radius 1 is 1.03 bits per heavy atom. The van der Waals surface area contributed by atoms with Crippen molar-refractivity contribution >= 4 is 32.3 Å². The Kier molecular flexibility index (Phi) is 6.22. The highest BCUT2D eigenvalue weighted by Crippen LogP contribution is 2.36. The Bertz CT molecular complexity index is 1180. The first-order valence-electron chi connectivity index (χ1n) is 9.40. The molecule has 0 saturated carbocycles. The maximum absolute atomic E-state index is 13.8. The zero-order valence-electron chi connectivity index (χ0n) is 17.4. The molecule has 0 bridgehead atoms. The zero-order valence-corrected chi connectivity index (χ0v) is 19.0. The smallest absolute Gasteiger partial charge is 0.412 e. The highest BCUT2D eigenvalue weighted by Gasteiger charge is 2.45. The van der Waals surface area contributed by atoms with Crippen molar-refractivity contribution in [1.82, 2.24) is 8.69 Å². The molecule has 0 aliphatic carbocycles. The van der Waals surface area contributed by atoms with Crippen molar-refractivity contribution < 1.29 is 26.1 Å². The quantitative estimate of drug-likeness (QED) is 0.539. The van der Waals surface area contributed by atoms with Crippen LogP contribution in [0, 0.1) is 6.92 Å². The van der Waals surface area contributed by atoms with E-state index in [1.54, 1.807) is 45.9 Å². The van der Waals surface area contributed by atoms with Crippen molar-refractivity contribution in [2.75, 3.05) is 0 Å². The highest BCUT2D eigenvalue weighted by atomic mass is 32.2. The van der Waals surface area contributed by atoms with E-state index in [0.29, 0.717) is 11.1 Å². The first kappa shape index (κ1) is 23.6. The lowest BCUT2D eigenvalue weighted by atomic mass is 10.1. The molecule has 3 rings (SSSR count). The number of fused-ring (bicyclic) bond motifs is 1. The van der Waals surface area contributed by atoms with E-state index < -0.39 is 38.4 Å². The zero-order chi connectivity index (χ0) is 23.2. The summed E-state index contributed by atoms with van der Waals surface area (Å²) in [7, 11) is -3.92. The summed E-state index contributed by atoms with van der Waals surface area (Å²) in [4.78, 5) is 0.0788. The fraction of sp³-hybridized carbons (Fsp3) is 0.333. The number of hydrogen-bond acceptors (Lipinski definition) is 4. The number of rotatable bonds is 5. The van der Waals surface area contributed by atoms with Gasteiger partial charge in [0, 0.05) is 22.4 Å². The number of halogens is 3. The molecule has 0 unspecified atom stereocenters. The predicted molar refractivity (Wildman–Crippen MR) is 116 cm³/mol. The van der Waals surface area contributed by atoms with Crippen LogP contribution in [-0.2, 0) is 21.4 Å². The van der Waals surface area contributed by atoms with Crippen molar-refractivity contribution in [2.24, 2.45) is 0 Å². The van der Waals surface area contributed by atoms with Gasteiger partial charge < -0.3 is 4.55 Å². The topological polar surface area (TPSA) is 74.2 Å². The molecule has 1 N–H and O–H groups in total. The van der Waals surface area contributed by atoms with Gasteiger partial charge in [0.1, 0.15) is 4.75 Å². The third-order valence-corrected chi connectivity index (χ3v) is 8.07. The maximum Gasteiger partial charge on any atom is 0.412 e. The first-order valence-corrected chi connectivity index (χ1v) is 12.0. The lowest BCUT2D eigenvalue weighted by Gasteiger charge is -2.29. The van der Waals surface area contributed by atoms with E-state index in [9.17, 15) is 26.1 Å². The van der Waals surface area contributed by atoms with Crippen LogP contribution in [0.5, 0.6) is 0 Å². The third-order valence-electron chi connectivity index (χ3n) is 4.68. The second-order valence-corrected chi connectivity index (χ2v) is 11.9. The van der Waals surface area contributed by atoms with Gasteiger partial charge >= 0.3 is 6.18 Å². The van der Waals surface area contributed by atoms with Crippen molar-refractivity contribution in [1.29, 1.82) is 0 Å². The van der Waals surface area contributed by atoms with Gasteiger partial charge in [-0.2, -0.15) is 13.2 Å². The Hall–Kier alpha value is -2.01. The standard InChI is InChI=1S/C21H23F3N2O3S2/c1-14-12-16-13-15(19(21(22,23)24)25-30(27)20(2,3)4)10-11-18(16)26(14)31(28,29)17-8-6-5-7-9-17/h5-13,19,25H,1-4H3/t19-,30-/m0/s1. The maximum atomic E-state index is 13.8. The number of nitrogens with zero attached hydrogens (tertiary/aromatic N) is 1. The number of alkyl halides is 3. The summed E-state index contributed by atoms with van der Waals surface area (Å²) in [5.41, 5.74) is 0.487. The summed E-state index contributed by atoms with van der Waals surface area (Å²) >= 11 is -1.96. The van der Waals surface area contributed by atoms with Crippen LogP contribution in [0.2, 0.25) is 0 Å². The summed E-state index contributed by atoms with van der Waals surface area (Å²) in [6.07, 6.45) is -4.69. The molecule has 168 valence electrons. The van der Waals surface area contributed by atoms with Crippen LogP contribution in [-0.4, -0.2) is 27.9 Å². The van der Waals surface area contributed by atoms with Gasteiger partial charge in [0.15, 0.2) is 6.04 Å². The van der Waals surface area contributed by atoms with E-state index in [1.165, 1.54) is 36.4 Å². The molecule has 0 spiro atoms. The summed E-state index contributed by atoms with van der Waals surface area (Å²) in [6, 6.07) is 11.0. The van der Waals surface area contributed by atoms with Crippen molar-refractivity contribution in [2.45, 2.75) is 49.6 Å². The average Bonchev–Trinajstić information content (AvgIpc) is 3.00. The predicted octanol–water partition coefficient (Wildman–Crippen LogP) is 4.84. The fourth-order valence-electron chi connectivity index (χ4n) is 3.15. The van der Waals surface area contributed by atoms with Crippen LogP contribution < -0.4 is 4.72 Å². The van der Waals surface area contributed by atoms with E-state index in [0.717, 1.165) is 3.97 Å². The third kappa shape index (κ3) is 4.77. The van der Waals surface area contributed by atoms with Crippen molar-refractivity contribution in [3.8, 4) is 0 Å². The van der Waals surface area contributed by atoms with E-state index in [2.05, 4.69) is 4.72 Å². The lowest BCUT2D eigenvalue weighted by molar-refractivity contribution is -0.153. The van der Waals surface area contributed by atoms with Gasteiger partial charge in [-0.1, -0.05) is 24.3 Å². The van der Waals surface area contributed by atoms with Crippen LogP contribution in [0.3, 0.4) is 0 Å². The lowest BCUT2D eigenvalue weighted by Crippen LogP contribution is -2.45. The van der Waals surface area contributed by atoms with Crippen molar-refractivity contribution in [3.05, 3.63) is 65.9 Å².